The van der Waals surface area contributed by atoms with Crippen molar-refractivity contribution in [3.63, 3.8) is 0 Å². The van der Waals surface area contributed by atoms with Crippen LogP contribution in [-0.2, 0) is 24.4 Å². The van der Waals surface area contributed by atoms with Crippen molar-refractivity contribution in [1.29, 1.82) is 0 Å². The van der Waals surface area contributed by atoms with E-state index in [-0.39, 0.29) is 5.91 Å². The maximum Gasteiger partial charge on any atom is 0.227 e. The van der Waals surface area contributed by atoms with Crippen LogP contribution in [-0.4, -0.2) is 29.4 Å². The van der Waals surface area contributed by atoms with Gasteiger partial charge in [-0.1, -0.05) is 44.2 Å². The first-order valence-corrected chi connectivity index (χ1v) is 10.9. The molecule has 0 saturated carbocycles. The minimum absolute atomic E-state index is 0.124. The van der Waals surface area contributed by atoms with Crippen LogP contribution in [0.3, 0.4) is 0 Å². The second kappa shape index (κ2) is 10.8. The summed E-state index contributed by atoms with van der Waals surface area (Å²) in [5, 5.41) is 2.90. The Morgan fingerprint density at radius 1 is 1.07 bits per heavy atom. The first-order valence-electron chi connectivity index (χ1n) is 10.1. The third-order valence-electron chi connectivity index (χ3n) is 4.51. The number of thiazole rings is 1. The first kappa shape index (κ1) is 21.8. The third kappa shape index (κ3) is 6.59. The van der Waals surface area contributed by atoms with Crippen LogP contribution in [0, 0.1) is 5.92 Å². The normalized spacial score (nSPS) is 10.8. The molecular formula is C24H28N2O3S. The van der Waals surface area contributed by atoms with E-state index in [9.17, 15) is 4.79 Å². The molecule has 0 aliphatic heterocycles. The van der Waals surface area contributed by atoms with Gasteiger partial charge in [-0.3, -0.25) is 4.79 Å². The fourth-order valence-corrected chi connectivity index (χ4v) is 3.77. The van der Waals surface area contributed by atoms with Gasteiger partial charge in [0.05, 0.1) is 25.8 Å². The third-order valence-corrected chi connectivity index (χ3v) is 5.38. The molecule has 158 valence electrons. The van der Waals surface area contributed by atoms with E-state index in [2.05, 4.69) is 18.8 Å². The standard InChI is InChI=1S/C24H28N2O3S/c1-18(2)14-26(24(27)13-19-7-5-4-6-8-19)15-20-17-30-23(25-20)16-29-22-11-9-21(28-3)10-12-22/h4-12,17-18H,13-16H2,1-3H3. The number of hydrogen-bond donors (Lipinski definition) is 0. The van der Waals surface area contributed by atoms with Crippen LogP contribution in [0.5, 0.6) is 11.5 Å². The van der Waals surface area contributed by atoms with Crippen LogP contribution in [0.2, 0.25) is 0 Å². The number of rotatable bonds is 10. The van der Waals surface area contributed by atoms with Crippen LogP contribution in [0.15, 0.2) is 60.0 Å². The predicted octanol–water partition coefficient (Wildman–Crippen LogP) is 4.96. The van der Waals surface area contributed by atoms with Crippen molar-refractivity contribution in [2.45, 2.75) is 33.4 Å². The van der Waals surface area contributed by atoms with Gasteiger partial charge in [-0.2, -0.15) is 0 Å². The first-order chi connectivity index (χ1) is 14.5. The minimum atomic E-state index is 0.124. The van der Waals surface area contributed by atoms with Crippen molar-refractivity contribution >= 4 is 17.2 Å². The number of nitrogens with zero attached hydrogens (tertiary/aromatic N) is 2. The molecule has 0 bridgehead atoms. The second-order valence-electron chi connectivity index (χ2n) is 7.53. The van der Waals surface area contributed by atoms with Gasteiger partial charge in [-0.25, -0.2) is 4.98 Å². The van der Waals surface area contributed by atoms with Crippen molar-refractivity contribution < 1.29 is 14.3 Å². The number of amides is 1. The number of methoxy groups -OCH3 is 1. The van der Waals surface area contributed by atoms with Crippen molar-refractivity contribution in [3.05, 3.63) is 76.2 Å². The molecular weight excluding hydrogens is 396 g/mol. The summed E-state index contributed by atoms with van der Waals surface area (Å²) in [7, 11) is 1.64. The molecule has 1 aromatic heterocycles. The quantitative estimate of drug-likeness (QED) is 0.462. The molecule has 3 rings (SSSR count). The van der Waals surface area contributed by atoms with E-state index >= 15 is 0 Å². The number of aromatic nitrogens is 1. The highest BCUT2D eigenvalue weighted by molar-refractivity contribution is 7.09. The SMILES string of the molecule is COc1ccc(OCc2nc(CN(CC(C)C)C(=O)Cc3ccccc3)cs2)cc1. The summed E-state index contributed by atoms with van der Waals surface area (Å²) in [6.45, 7) is 5.87. The highest BCUT2D eigenvalue weighted by atomic mass is 32.1. The molecule has 1 heterocycles. The number of hydrogen-bond acceptors (Lipinski definition) is 5. The molecule has 3 aromatic rings. The zero-order chi connectivity index (χ0) is 21.3. The van der Waals surface area contributed by atoms with Gasteiger partial charge < -0.3 is 14.4 Å². The molecule has 0 fully saturated rings. The van der Waals surface area contributed by atoms with Gasteiger partial charge in [0, 0.05) is 11.9 Å². The lowest BCUT2D eigenvalue weighted by Gasteiger charge is -2.24. The average Bonchev–Trinajstić information content (AvgIpc) is 3.20. The maximum absolute atomic E-state index is 12.9. The topological polar surface area (TPSA) is 51.7 Å². The molecule has 0 N–H and O–H groups in total. The van der Waals surface area contributed by atoms with Gasteiger partial charge in [0.2, 0.25) is 5.91 Å². The molecule has 0 aliphatic rings. The average molecular weight is 425 g/mol. The van der Waals surface area contributed by atoms with Gasteiger partial charge in [0.25, 0.3) is 0 Å². The van der Waals surface area contributed by atoms with Crippen molar-refractivity contribution in [2.24, 2.45) is 5.92 Å². The highest BCUT2D eigenvalue weighted by Gasteiger charge is 2.17. The van der Waals surface area contributed by atoms with Gasteiger partial charge in [0.1, 0.15) is 23.1 Å². The van der Waals surface area contributed by atoms with E-state index < -0.39 is 0 Å². The van der Waals surface area contributed by atoms with Crippen LogP contribution >= 0.6 is 11.3 Å². The summed E-state index contributed by atoms with van der Waals surface area (Å²) >= 11 is 1.55. The predicted molar refractivity (Wildman–Crippen MR) is 120 cm³/mol. The zero-order valence-electron chi connectivity index (χ0n) is 17.7. The molecule has 0 radical (unpaired) electrons. The molecule has 5 nitrogen and oxygen atoms in total. The molecule has 1 amide bonds. The van der Waals surface area contributed by atoms with Crippen LogP contribution in [0.1, 0.15) is 30.1 Å². The molecule has 0 saturated heterocycles. The van der Waals surface area contributed by atoms with E-state index in [0.717, 1.165) is 27.8 Å². The highest BCUT2D eigenvalue weighted by Crippen LogP contribution is 2.20. The van der Waals surface area contributed by atoms with Crippen LogP contribution in [0.25, 0.3) is 0 Å². The van der Waals surface area contributed by atoms with Gasteiger partial charge in [-0.05, 0) is 35.7 Å². The molecule has 2 aromatic carbocycles. The molecule has 6 heteroatoms. The summed E-state index contributed by atoms with van der Waals surface area (Å²) in [6, 6.07) is 17.3. The fourth-order valence-electron chi connectivity index (χ4n) is 3.08. The fraction of sp³-hybridized carbons (Fsp3) is 0.333. The molecule has 0 atom stereocenters. The number of benzene rings is 2. The number of carbonyl (C=O) groups is 1. The van der Waals surface area contributed by atoms with Crippen molar-refractivity contribution in [1.82, 2.24) is 9.88 Å². The van der Waals surface area contributed by atoms with Gasteiger partial charge in [-0.15, -0.1) is 11.3 Å². The molecule has 0 aliphatic carbocycles. The van der Waals surface area contributed by atoms with E-state index in [0.29, 0.717) is 32.0 Å². The van der Waals surface area contributed by atoms with Crippen molar-refractivity contribution in [2.75, 3.05) is 13.7 Å². The molecule has 0 spiro atoms. The van der Waals surface area contributed by atoms with E-state index in [1.165, 1.54) is 0 Å². The van der Waals surface area contributed by atoms with Crippen LogP contribution in [0.4, 0.5) is 0 Å². The lowest BCUT2D eigenvalue weighted by Crippen LogP contribution is -2.35. The van der Waals surface area contributed by atoms with E-state index in [1.54, 1.807) is 18.4 Å². The zero-order valence-corrected chi connectivity index (χ0v) is 18.5. The molecule has 0 unspecified atom stereocenters. The summed E-state index contributed by atoms with van der Waals surface area (Å²) in [5.74, 6) is 2.08. The Labute approximate surface area is 182 Å². The largest absolute Gasteiger partial charge is 0.497 e. The summed E-state index contributed by atoms with van der Waals surface area (Å²) in [6.07, 6.45) is 0.408. The smallest absolute Gasteiger partial charge is 0.227 e. The Kier molecular flexibility index (Phi) is 7.85. The van der Waals surface area contributed by atoms with E-state index in [1.807, 2.05) is 64.9 Å². The lowest BCUT2D eigenvalue weighted by molar-refractivity contribution is -0.131. The Morgan fingerprint density at radius 3 is 2.43 bits per heavy atom. The summed E-state index contributed by atoms with van der Waals surface area (Å²) in [5.41, 5.74) is 1.93. The Bertz CT molecular complexity index is 923. The van der Waals surface area contributed by atoms with E-state index in [4.69, 9.17) is 9.47 Å². The van der Waals surface area contributed by atoms with Gasteiger partial charge >= 0.3 is 0 Å². The minimum Gasteiger partial charge on any atom is -0.497 e. The summed E-state index contributed by atoms with van der Waals surface area (Å²) < 4.78 is 11.0. The number of carbonyl (C=O) groups excluding carboxylic acids is 1. The maximum atomic E-state index is 12.9. The van der Waals surface area contributed by atoms with Crippen molar-refractivity contribution in [3.8, 4) is 11.5 Å². The number of ether oxygens (including phenoxy) is 2. The molecule has 30 heavy (non-hydrogen) atoms. The monoisotopic (exact) mass is 424 g/mol. The van der Waals surface area contributed by atoms with Crippen LogP contribution < -0.4 is 9.47 Å². The Balaban J connectivity index is 1.59. The summed E-state index contributed by atoms with van der Waals surface area (Å²) in [4.78, 5) is 19.5. The second-order valence-corrected chi connectivity index (χ2v) is 8.47. The van der Waals surface area contributed by atoms with Gasteiger partial charge in [0.15, 0.2) is 0 Å². The lowest BCUT2D eigenvalue weighted by atomic mass is 10.1. The Hall–Kier alpha value is -2.86. The Morgan fingerprint density at radius 2 is 1.77 bits per heavy atom.